The molecule has 0 aliphatic carbocycles. The first-order valence-electron chi connectivity index (χ1n) is 5.02. The van der Waals surface area contributed by atoms with Crippen LogP contribution in [0.3, 0.4) is 0 Å². The van der Waals surface area contributed by atoms with Crippen molar-refractivity contribution in [3.8, 4) is 6.07 Å². The van der Waals surface area contributed by atoms with E-state index in [0.717, 1.165) is 32.4 Å². The maximum atomic E-state index is 9.19. The lowest BCUT2D eigenvalue weighted by molar-refractivity contribution is 0.474. The Bertz CT molecular complexity index is 192. The molecule has 74 valence electrons. The van der Waals surface area contributed by atoms with Crippen molar-refractivity contribution in [3.05, 3.63) is 0 Å². The van der Waals surface area contributed by atoms with Crippen LogP contribution in [0.15, 0.2) is 0 Å². The monoisotopic (exact) mass is 198 g/mol. The lowest BCUT2D eigenvalue weighted by atomic mass is 9.99. The van der Waals surface area contributed by atoms with Gasteiger partial charge in [0, 0.05) is 5.25 Å². The molecular formula is C10H18N2S. The van der Waals surface area contributed by atoms with Crippen LogP contribution in [-0.4, -0.2) is 23.1 Å². The second kappa shape index (κ2) is 4.88. The van der Waals surface area contributed by atoms with Crippen molar-refractivity contribution in [1.82, 2.24) is 5.32 Å². The zero-order valence-corrected chi connectivity index (χ0v) is 9.28. The summed E-state index contributed by atoms with van der Waals surface area (Å²) in [5.74, 6) is 0. The number of thioether (sulfide) groups is 1. The summed E-state index contributed by atoms with van der Waals surface area (Å²) in [6.45, 7) is 6.39. The number of nitrogens with one attached hydrogen (secondary N) is 1. The Morgan fingerprint density at radius 3 is 2.62 bits per heavy atom. The van der Waals surface area contributed by atoms with E-state index >= 15 is 0 Å². The fraction of sp³-hybridized carbons (Fsp3) is 0.900. The van der Waals surface area contributed by atoms with Gasteiger partial charge >= 0.3 is 0 Å². The Morgan fingerprint density at radius 2 is 2.15 bits per heavy atom. The van der Waals surface area contributed by atoms with E-state index in [1.54, 1.807) is 0 Å². The summed E-state index contributed by atoms with van der Waals surface area (Å²) in [5.41, 5.74) is 0. The van der Waals surface area contributed by atoms with Gasteiger partial charge in [-0.1, -0.05) is 13.8 Å². The highest BCUT2D eigenvalue weighted by molar-refractivity contribution is 8.01. The van der Waals surface area contributed by atoms with Crippen molar-refractivity contribution in [3.63, 3.8) is 0 Å². The number of nitrogens with zero attached hydrogens (tertiary/aromatic N) is 1. The molecule has 1 unspecified atom stereocenters. The van der Waals surface area contributed by atoms with Gasteiger partial charge in [-0.15, -0.1) is 11.8 Å². The summed E-state index contributed by atoms with van der Waals surface area (Å²) in [4.78, 5) is 0. The van der Waals surface area contributed by atoms with Gasteiger partial charge in [-0.05, 0) is 32.4 Å². The summed E-state index contributed by atoms with van der Waals surface area (Å²) in [6.07, 6.45) is 3.15. The molecule has 2 nitrogen and oxygen atoms in total. The summed E-state index contributed by atoms with van der Waals surface area (Å²) in [5, 5.41) is 13.1. The molecule has 0 spiro atoms. The van der Waals surface area contributed by atoms with Gasteiger partial charge in [0.25, 0.3) is 0 Å². The lowest BCUT2D eigenvalue weighted by Gasteiger charge is -2.32. The SMILES string of the molecule is CCC(C)SC1(C#N)CCNCC1. The van der Waals surface area contributed by atoms with E-state index in [2.05, 4.69) is 25.2 Å². The van der Waals surface area contributed by atoms with Crippen molar-refractivity contribution in [2.45, 2.75) is 43.1 Å². The van der Waals surface area contributed by atoms with Gasteiger partial charge in [-0.25, -0.2) is 0 Å². The summed E-state index contributed by atoms with van der Waals surface area (Å²) in [7, 11) is 0. The maximum absolute atomic E-state index is 9.19. The fourth-order valence-electron chi connectivity index (χ4n) is 1.56. The van der Waals surface area contributed by atoms with E-state index in [9.17, 15) is 5.26 Å². The van der Waals surface area contributed by atoms with Gasteiger partial charge in [0.1, 0.15) is 4.75 Å². The fourth-order valence-corrected chi connectivity index (χ4v) is 2.98. The summed E-state index contributed by atoms with van der Waals surface area (Å²) < 4.78 is -0.0966. The van der Waals surface area contributed by atoms with E-state index in [1.807, 2.05) is 11.8 Å². The van der Waals surface area contributed by atoms with Crippen molar-refractivity contribution < 1.29 is 0 Å². The second-order valence-electron chi connectivity index (χ2n) is 3.69. The van der Waals surface area contributed by atoms with Crippen molar-refractivity contribution >= 4 is 11.8 Å². The van der Waals surface area contributed by atoms with Crippen LogP contribution >= 0.6 is 11.8 Å². The first-order valence-corrected chi connectivity index (χ1v) is 5.90. The number of hydrogen-bond acceptors (Lipinski definition) is 3. The highest BCUT2D eigenvalue weighted by Crippen LogP contribution is 2.37. The average molecular weight is 198 g/mol. The first-order chi connectivity index (χ1) is 6.22. The smallest absolute Gasteiger partial charge is 0.105 e. The third-order valence-corrected chi connectivity index (χ3v) is 4.30. The molecule has 1 rings (SSSR count). The molecule has 1 heterocycles. The minimum atomic E-state index is -0.0966. The Labute approximate surface area is 85.1 Å². The summed E-state index contributed by atoms with van der Waals surface area (Å²) in [6, 6.07) is 2.51. The van der Waals surface area contributed by atoms with E-state index in [1.165, 1.54) is 0 Å². The van der Waals surface area contributed by atoms with Crippen molar-refractivity contribution in [1.29, 1.82) is 5.26 Å². The molecule has 0 radical (unpaired) electrons. The predicted octanol–water partition coefficient (Wildman–Crippen LogP) is 2.16. The van der Waals surface area contributed by atoms with Crippen LogP contribution in [0.25, 0.3) is 0 Å². The molecule has 0 amide bonds. The standard InChI is InChI=1S/C10H18N2S/c1-3-9(2)13-10(8-11)4-6-12-7-5-10/h9,12H,3-7H2,1-2H3. The average Bonchev–Trinajstić information content (AvgIpc) is 2.19. The predicted molar refractivity (Wildman–Crippen MR) is 57.8 cm³/mol. The van der Waals surface area contributed by atoms with Crippen molar-refractivity contribution in [2.75, 3.05) is 13.1 Å². The zero-order valence-electron chi connectivity index (χ0n) is 8.47. The minimum Gasteiger partial charge on any atom is -0.317 e. The Balaban J connectivity index is 2.53. The van der Waals surface area contributed by atoms with Crippen LogP contribution in [0.2, 0.25) is 0 Å². The molecule has 1 N–H and O–H groups in total. The van der Waals surface area contributed by atoms with E-state index < -0.39 is 0 Å². The van der Waals surface area contributed by atoms with Crippen LogP contribution in [-0.2, 0) is 0 Å². The number of nitriles is 1. The third kappa shape index (κ3) is 2.89. The molecule has 1 atom stereocenters. The van der Waals surface area contributed by atoms with Crippen LogP contribution in [0.5, 0.6) is 0 Å². The van der Waals surface area contributed by atoms with Gasteiger partial charge < -0.3 is 5.32 Å². The van der Waals surface area contributed by atoms with E-state index in [4.69, 9.17) is 0 Å². The van der Waals surface area contributed by atoms with Crippen molar-refractivity contribution in [2.24, 2.45) is 0 Å². The Kier molecular flexibility index (Phi) is 4.08. The molecular weight excluding hydrogens is 180 g/mol. The lowest BCUT2D eigenvalue weighted by Crippen LogP contribution is -2.39. The first kappa shape index (κ1) is 10.9. The number of rotatable bonds is 3. The van der Waals surface area contributed by atoms with Crippen LogP contribution in [0, 0.1) is 11.3 Å². The van der Waals surface area contributed by atoms with Crippen LogP contribution in [0.4, 0.5) is 0 Å². The maximum Gasteiger partial charge on any atom is 0.105 e. The molecule has 0 bridgehead atoms. The molecule has 0 aromatic carbocycles. The van der Waals surface area contributed by atoms with Gasteiger partial charge in [0.15, 0.2) is 0 Å². The zero-order chi connectivity index (χ0) is 9.73. The molecule has 1 aliphatic rings. The van der Waals surface area contributed by atoms with Crippen LogP contribution < -0.4 is 5.32 Å². The van der Waals surface area contributed by atoms with E-state index in [-0.39, 0.29) is 4.75 Å². The molecule has 13 heavy (non-hydrogen) atoms. The van der Waals surface area contributed by atoms with Crippen LogP contribution in [0.1, 0.15) is 33.1 Å². The van der Waals surface area contributed by atoms with Gasteiger partial charge in [-0.2, -0.15) is 5.26 Å². The summed E-state index contributed by atoms with van der Waals surface area (Å²) >= 11 is 1.87. The normalized spacial score (nSPS) is 23.5. The topological polar surface area (TPSA) is 35.8 Å². The number of piperidine rings is 1. The molecule has 1 saturated heterocycles. The second-order valence-corrected chi connectivity index (χ2v) is 5.51. The van der Waals surface area contributed by atoms with E-state index in [0.29, 0.717) is 5.25 Å². The Hall–Kier alpha value is -0.200. The largest absolute Gasteiger partial charge is 0.317 e. The van der Waals surface area contributed by atoms with Gasteiger partial charge in [-0.3, -0.25) is 0 Å². The van der Waals surface area contributed by atoms with Gasteiger partial charge in [0.2, 0.25) is 0 Å². The number of hydrogen-bond donors (Lipinski definition) is 1. The third-order valence-electron chi connectivity index (χ3n) is 2.62. The Morgan fingerprint density at radius 1 is 1.54 bits per heavy atom. The molecule has 0 aromatic heterocycles. The molecule has 3 heteroatoms. The highest BCUT2D eigenvalue weighted by Gasteiger charge is 2.33. The quantitative estimate of drug-likeness (QED) is 0.755. The molecule has 1 aliphatic heterocycles. The molecule has 0 aromatic rings. The van der Waals surface area contributed by atoms with Gasteiger partial charge in [0.05, 0.1) is 6.07 Å². The minimum absolute atomic E-state index is 0.0966. The highest BCUT2D eigenvalue weighted by atomic mass is 32.2. The molecule has 1 fully saturated rings. The molecule has 0 saturated carbocycles.